The average Bonchev–Trinajstić information content (AvgIpc) is 4.12. The van der Waals surface area contributed by atoms with E-state index in [0.29, 0.717) is 107 Å². The van der Waals surface area contributed by atoms with Crippen LogP contribution >= 0.6 is 0 Å². The number of pyridine rings is 1. The highest BCUT2D eigenvalue weighted by molar-refractivity contribution is 6.17. The van der Waals surface area contributed by atoms with Crippen molar-refractivity contribution in [2.24, 2.45) is 11.3 Å². The Bertz CT molecular complexity index is 2960. The maximum atomic E-state index is 16.1. The monoisotopic (exact) mass is 987 g/mol. The Labute approximate surface area is 412 Å². The number of methoxy groups -OCH3 is 1. The summed E-state index contributed by atoms with van der Waals surface area (Å²) in [6, 6.07) is 18.2. The van der Waals surface area contributed by atoms with Gasteiger partial charge in [-0.1, -0.05) is 6.07 Å². The molecule has 4 fully saturated rings. The van der Waals surface area contributed by atoms with Gasteiger partial charge < -0.3 is 35.2 Å². The molecule has 3 saturated heterocycles. The van der Waals surface area contributed by atoms with E-state index in [1.54, 1.807) is 71.8 Å². The number of rotatable bonds is 14. The Morgan fingerprint density at radius 3 is 2.21 bits per heavy atom. The van der Waals surface area contributed by atoms with Gasteiger partial charge in [-0.3, -0.25) is 44.0 Å². The number of anilines is 4. The molecular formula is C52H52F3N9O8. The number of nitrogens with zero attached hydrogens (tertiary/aromatic N) is 5. The highest BCUT2D eigenvalue weighted by Crippen LogP contribution is 2.48. The van der Waals surface area contributed by atoms with Crippen molar-refractivity contribution in [2.45, 2.75) is 57.2 Å². The topological polar surface area (TPSA) is 195 Å². The fourth-order valence-electron chi connectivity index (χ4n) is 10.1. The number of carbonyl (C=O) groups excluding carboxylic acids is 6. The van der Waals surface area contributed by atoms with E-state index in [4.69, 9.17) is 9.47 Å². The zero-order valence-electron chi connectivity index (χ0n) is 39.4. The van der Waals surface area contributed by atoms with Crippen molar-refractivity contribution in [1.29, 1.82) is 0 Å². The zero-order valence-corrected chi connectivity index (χ0v) is 39.4. The molecule has 0 spiro atoms. The van der Waals surface area contributed by atoms with Gasteiger partial charge in [-0.15, -0.1) is 0 Å². The van der Waals surface area contributed by atoms with Crippen LogP contribution in [-0.2, 0) is 30.5 Å². The van der Waals surface area contributed by atoms with Crippen molar-refractivity contribution in [1.82, 2.24) is 25.0 Å². The summed E-state index contributed by atoms with van der Waals surface area (Å²) in [6.07, 6.45) is 3.97. The number of halogens is 3. The number of likely N-dealkylation sites (tertiary alicyclic amines) is 1. The Balaban J connectivity index is 0.709. The number of ether oxygens (including phenoxy) is 2. The van der Waals surface area contributed by atoms with Crippen LogP contribution in [0.15, 0.2) is 91.1 Å². The van der Waals surface area contributed by atoms with Gasteiger partial charge in [-0.2, -0.15) is 8.78 Å². The first kappa shape index (κ1) is 48.1. The second-order valence-corrected chi connectivity index (χ2v) is 19.0. The van der Waals surface area contributed by atoms with Gasteiger partial charge >= 0.3 is 6.05 Å². The zero-order chi connectivity index (χ0) is 50.3. The largest absolute Gasteiger partial charge is 0.495 e. The summed E-state index contributed by atoms with van der Waals surface area (Å²) in [7, 11) is 1.48. The standard InChI is InChI=1S/C52H52F3N9O8/c1-71-44-25-37-40(56-20-15-43(37)72-35-11-9-34(10-12-35)58-50(70)51(18-19-51)49(69)57-33-7-5-32(53)6-8-33)26-42(44)62-23-24-63(52(54,55)30-62)27-31-16-21-61(22-17-31)29-46(66)59-39-4-2-3-36-38(39)28-64(48(36)68)41-13-14-45(65)60-47(41)67/h2-12,15,20,25-26,31,41H,13-14,16-19,21-24,27-30H2,1H3,(H,57,69)(H,58,70)(H,59,66)(H,60,65,67)/t41-/m0/s1. The van der Waals surface area contributed by atoms with Gasteiger partial charge in [0.2, 0.25) is 29.5 Å². The van der Waals surface area contributed by atoms with Crippen molar-refractivity contribution in [3.8, 4) is 17.2 Å². The Kier molecular flexibility index (Phi) is 13.1. The summed E-state index contributed by atoms with van der Waals surface area (Å²) in [5, 5.41) is 11.3. The van der Waals surface area contributed by atoms with E-state index < -0.39 is 47.6 Å². The first-order valence-electron chi connectivity index (χ1n) is 24.0. The third kappa shape index (κ3) is 9.87. The molecule has 0 bridgehead atoms. The summed E-state index contributed by atoms with van der Waals surface area (Å²) >= 11 is 0. The molecule has 5 heterocycles. The number of amides is 6. The fourth-order valence-corrected chi connectivity index (χ4v) is 10.1. The molecule has 5 aromatic rings. The molecule has 10 rings (SSSR count). The predicted molar refractivity (Wildman–Crippen MR) is 259 cm³/mol. The van der Waals surface area contributed by atoms with E-state index in [9.17, 15) is 33.2 Å². The fraction of sp³-hybridized carbons (Fsp3) is 0.365. The molecule has 5 aliphatic rings. The maximum Gasteiger partial charge on any atom is 0.322 e. The molecule has 1 aromatic heterocycles. The molecule has 1 saturated carbocycles. The third-order valence-electron chi connectivity index (χ3n) is 14.3. The molecule has 0 unspecified atom stereocenters. The van der Waals surface area contributed by atoms with Crippen LogP contribution in [0, 0.1) is 17.2 Å². The van der Waals surface area contributed by atoms with Crippen molar-refractivity contribution < 1.29 is 51.4 Å². The van der Waals surface area contributed by atoms with Gasteiger partial charge in [-0.05, 0) is 130 Å². The van der Waals surface area contributed by atoms with Crippen LogP contribution < -0.4 is 35.6 Å². The van der Waals surface area contributed by atoms with Crippen LogP contribution in [0.1, 0.15) is 54.4 Å². The molecule has 6 amide bonds. The van der Waals surface area contributed by atoms with Crippen molar-refractivity contribution in [3.05, 3.63) is 108 Å². The molecule has 4 N–H and O–H groups in total. The summed E-state index contributed by atoms with van der Waals surface area (Å²) in [5.41, 5.74) is 2.10. The number of nitrogens with one attached hydrogen (secondary N) is 4. The van der Waals surface area contributed by atoms with E-state index in [2.05, 4.69) is 26.3 Å². The summed E-state index contributed by atoms with van der Waals surface area (Å²) in [5.74, 6) is -1.57. The number of piperazine rings is 1. The molecular weight excluding hydrogens is 936 g/mol. The van der Waals surface area contributed by atoms with E-state index in [-0.39, 0.29) is 62.7 Å². The average molecular weight is 988 g/mol. The van der Waals surface area contributed by atoms with Crippen LogP contribution in [0.4, 0.5) is 35.9 Å². The molecule has 4 aliphatic heterocycles. The summed E-state index contributed by atoms with van der Waals surface area (Å²) in [6.45, 7) is 1.40. The lowest BCUT2D eigenvalue weighted by Gasteiger charge is -2.44. The predicted octanol–water partition coefficient (Wildman–Crippen LogP) is 6.36. The van der Waals surface area contributed by atoms with Crippen molar-refractivity contribution in [3.63, 3.8) is 0 Å². The number of fused-ring (bicyclic) bond motifs is 2. The maximum absolute atomic E-state index is 16.1. The molecule has 72 heavy (non-hydrogen) atoms. The minimum atomic E-state index is -3.15. The molecule has 1 aliphatic carbocycles. The Morgan fingerprint density at radius 1 is 0.833 bits per heavy atom. The summed E-state index contributed by atoms with van der Waals surface area (Å²) in [4.78, 5) is 87.8. The van der Waals surface area contributed by atoms with E-state index in [1.807, 2.05) is 4.90 Å². The van der Waals surface area contributed by atoms with Gasteiger partial charge in [0, 0.05) is 72.4 Å². The molecule has 20 heteroatoms. The van der Waals surface area contributed by atoms with Gasteiger partial charge in [0.15, 0.2) is 0 Å². The minimum absolute atomic E-state index is 0.000602. The number of alkyl halides is 2. The van der Waals surface area contributed by atoms with Crippen LogP contribution in [0.3, 0.4) is 0 Å². The Morgan fingerprint density at radius 2 is 1.54 bits per heavy atom. The Hall–Kier alpha value is -7.58. The van der Waals surface area contributed by atoms with Crippen LogP contribution in [0.2, 0.25) is 0 Å². The number of carbonyl (C=O) groups is 6. The third-order valence-corrected chi connectivity index (χ3v) is 14.3. The lowest BCUT2D eigenvalue weighted by molar-refractivity contribution is -0.155. The van der Waals surface area contributed by atoms with Crippen molar-refractivity contribution in [2.75, 3.05) is 73.8 Å². The lowest BCUT2D eigenvalue weighted by Crippen LogP contribution is -2.59. The molecule has 1 atom stereocenters. The highest BCUT2D eigenvalue weighted by atomic mass is 19.3. The second kappa shape index (κ2) is 19.6. The number of aromatic nitrogens is 1. The number of imide groups is 1. The number of piperidine rings is 2. The van der Waals surface area contributed by atoms with Gasteiger partial charge in [0.1, 0.15) is 34.5 Å². The van der Waals surface area contributed by atoms with Gasteiger partial charge in [-0.25, -0.2) is 9.29 Å². The molecule has 17 nitrogen and oxygen atoms in total. The van der Waals surface area contributed by atoms with E-state index in [0.717, 1.165) is 0 Å². The van der Waals surface area contributed by atoms with Gasteiger partial charge in [0.25, 0.3) is 5.91 Å². The lowest BCUT2D eigenvalue weighted by atomic mass is 9.95. The first-order valence-corrected chi connectivity index (χ1v) is 24.0. The first-order chi connectivity index (χ1) is 34.7. The van der Waals surface area contributed by atoms with Crippen LogP contribution in [0.5, 0.6) is 17.2 Å². The molecule has 374 valence electrons. The number of hydrogen-bond acceptors (Lipinski definition) is 12. The van der Waals surface area contributed by atoms with E-state index in [1.165, 1.54) is 41.2 Å². The van der Waals surface area contributed by atoms with Crippen molar-refractivity contribution >= 4 is 69.1 Å². The molecule has 0 radical (unpaired) electrons. The highest BCUT2D eigenvalue weighted by Gasteiger charge is 2.56. The normalized spacial score (nSPS) is 19.9. The smallest absolute Gasteiger partial charge is 0.322 e. The van der Waals surface area contributed by atoms with Gasteiger partial charge in [0.05, 0.1) is 31.4 Å². The van der Waals surface area contributed by atoms with Crippen LogP contribution in [0.25, 0.3) is 10.9 Å². The minimum Gasteiger partial charge on any atom is -0.495 e. The number of benzene rings is 4. The molecule has 4 aromatic carbocycles. The summed E-state index contributed by atoms with van der Waals surface area (Å²) < 4.78 is 57.5. The quantitative estimate of drug-likeness (QED) is 0.0548. The van der Waals surface area contributed by atoms with E-state index >= 15 is 8.78 Å². The number of hydrogen-bond donors (Lipinski definition) is 4. The second-order valence-electron chi connectivity index (χ2n) is 19.0. The SMILES string of the molecule is COc1cc2c(Oc3ccc(NC(=O)C4(C(=O)Nc5ccc(F)cc5)CC4)cc3)ccnc2cc1N1CCN(CC2CCN(CC(=O)Nc3cccc4c3CN([C@H]3CCC(=O)NC3=O)C4=O)CC2)C(F)(F)C1. The van der Waals surface area contributed by atoms with Crippen LogP contribution in [-0.4, -0.2) is 120 Å².